The molecule has 0 atom stereocenters. The van der Waals surface area contributed by atoms with Crippen molar-refractivity contribution < 1.29 is 12.8 Å². The van der Waals surface area contributed by atoms with Gasteiger partial charge in [0.05, 0.1) is 11.3 Å². The van der Waals surface area contributed by atoms with Gasteiger partial charge in [-0.2, -0.15) is 0 Å². The molecule has 0 fully saturated rings. The Balaban J connectivity index is 1.46. The van der Waals surface area contributed by atoms with E-state index in [-0.39, 0.29) is 4.90 Å². The van der Waals surface area contributed by atoms with Crippen LogP contribution in [0.1, 0.15) is 22.6 Å². The molecular weight excluding hydrogens is 398 g/mol. The molecule has 0 aliphatic heterocycles. The average Bonchev–Trinajstić information content (AvgIpc) is 3.19. The zero-order valence-corrected chi connectivity index (χ0v) is 17.5. The van der Waals surface area contributed by atoms with E-state index in [1.807, 2.05) is 38.1 Å². The highest BCUT2D eigenvalue weighted by Crippen LogP contribution is 2.23. The number of aromatic nitrogens is 2. The summed E-state index contributed by atoms with van der Waals surface area (Å²) in [5.74, 6) is 0.919. The van der Waals surface area contributed by atoms with Crippen LogP contribution in [-0.4, -0.2) is 18.6 Å². The third kappa shape index (κ3) is 4.58. The maximum absolute atomic E-state index is 12.5. The summed E-state index contributed by atoms with van der Waals surface area (Å²) >= 11 is 0. The van der Waals surface area contributed by atoms with Gasteiger partial charge < -0.3 is 4.42 Å². The molecular formula is C23H21N3O3S. The van der Waals surface area contributed by atoms with E-state index in [2.05, 4.69) is 14.9 Å². The SMILES string of the molecule is Cc1ccc(Cc2nnc(-c3ccc(NS(=O)(=O)c4ccc(C)cc4)cc3)o2)cc1. The Labute approximate surface area is 175 Å². The largest absolute Gasteiger partial charge is 0.420 e. The van der Waals surface area contributed by atoms with Crippen LogP contribution in [0.15, 0.2) is 82.1 Å². The highest BCUT2D eigenvalue weighted by molar-refractivity contribution is 7.92. The minimum atomic E-state index is -3.64. The number of nitrogens with zero attached hydrogens (tertiary/aromatic N) is 2. The number of benzene rings is 3. The van der Waals surface area contributed by atoms with Crippen molar-refractivity contribution in [1.82, 2.24) is 10.2 Å². The van der Waals surface area contributed by atoms with Crippen molar-refractivity contribution in [2.24, 2.45) is 0 Å². The molecule has 1 aromatic heterocycles. The molecule has 3 aromatic carbocycles. The standard InChI is InChI=1S/C23H21N3O3S/c1-16-3-7-18(8-4-16)15-22-24-25-23(29-22)19-9-11-20(12-10-19)26-30(27,28)21-13-5-17(2)6-14-21/h3-14,26H,15H2,1-2H3. The van der Waals surface area contributed by atoms with Gasteiger partial charge in [-0.15, -0.1) is 10.2 Å². The first-order chi connectivity index (χ1) is 14.4. The van der Waals surface area contributed by atoms with Crippen molar-refractivity contribution in [3.05, 3.63) is 95.4 Å². The van der Waals surface area contributed by atoms with Gasteiger partial charge in [0.25, 0.3) is 10.0 Å². The van der Waals surface area contributed by atoms with Crippen LogP contribution in [-0.2, 0) is 16.4 Å². The molecule has 7 heteroatoms. The highest BCUT2D eigenvalue weighted by atomic mass is 32.2. The quantitative estimate of drug-likeness (QED) is 0.488. The minimum Gasteiger partial charge on any atom is -0.420 e. The zero-order valence-electron chi connectivity index (χ0n) is 16.7. The summed E-state index contributed by atoms with van der Waals surface area (Å²) < 4.78 is 33.4. The van der Waals surface area contributed by atoms with E-state index in [0.717, 1.165) is 16.7 Å². The molecule has 0 radical (unpaired) electrons. The fraction of sp³-hybridized carbons (Fsp3) is 0.130. The predicted molar refractivity (Wildman–Crippen MR) is 116 cm³/mol. The van der Waals surface area contributed by atoms with E-state index in [1.54, 1.807) is 48.5 Å². The zero-order chi connectivity index (χ0) is 21.1. The lowest BCUT2D eigenvalue weighted by Crippen LogP contribution is -2.12. The molecule has 152 valence electrons. The number of sulfonamides is 1. The van der Waals surface area contributed by atoms with Gasteiger partial charge in [0.1, 0.15) is 0 Å². The first-order valence-corrected chi connectivity index (χ1v) is 11.0. The molecule has 0 aliphatic rings. The van der Waals surface area contributed by atoms with Crippen molar-refractivity contribution in [1.29, 1.82) is 0 Å². The summed E-state index contributed by atoms with van der Waals surface area (Å²) in [7, 11) is -3.64. The summed E-state index contributed by atoms with van der Waals surface area (Å²) in [5, 5.41) is 8.22. The Bertz CT molecular complexity index is 1240. The number of hydrogen-bond acceptors (Lipinski definition) is 5. The lowest BCUT2D eigenvalue weighted by Gasteiger charge is -2.08. The van der Waals surface area contributed by atoms with Crippen LogP contribution < -0.4 is 4.72 Å². The summed E-state index contributed by atoms with van der Waals surface area (Å²) in [6.45, 7) is 3.95. The second-order valence-corrected chi connectivity index (χ2v) is 8.84. The van der Waals surface area contributed by atoms with Gasteiger partial charge in [-0.25, -0.2) is 8.42 Å². The number of anilines is 1. The Kier molecular flexibility index (Phi) is 5.37. The lowest BCUT2D eigenvalue weighted by atomic mass is 10.1. The molecule has 4 aromatic rings. The average molecular weight is 420 g/mol. The Morgan fingerprint density at radius 2 is 1.40 bits per heavy atom. The summed E-state index contributed by atoms with van der Waals surface area (Å²) in [5.41, 5.74) is 4.47. The normalized spacial score (nSPS) is 11.4. The molecule has 0 unspecified atom stereocenters. The van der Waals surface area contributed by atoms with Gasteiger partial charge in [-0.05, 0) is 55.8 Å². The Morgan fingerprint density at radius 1 is 0.800 bits per heavy atom. The first kappa shape index (κ1) is 19.8. The van der Waals surface area contributed by atoms with Crippen LogP contribution >= 0.6 is 0 Å². The predicted octanol–water partition coefficient (Wildman–Crippen LogP) is 4.75. The van der Waals surface area contributed by atoms with Crippen LogP contribution in [0.2, 0.25) is 0 Å². The molecule has 0 spiro atoms. The van der Waals surface area contributed by atoms with Gasteiger partial charge in [-0.3, -0.25) is 4.72 Å². The first-order valence-electron chi connectivity index (χ1n) is 9.47. The van der Waals surface area contributed by atoms with E-state index < -0.39 is 10.0 Å². The number of nitrogens with one attached hydrogen (secondary N) is 1. The molecule has 0 aliphatic carbocycles. The summed E-state index contributed by atoms with van der Waals surface area (Å²) in [6, 6.07) is 21.7. The molecule has 0 amide bonds. The van der Waals surface area contributed by atoms with E-state index >= 15 is 0 Å². The Morgan fingerprint density at radius 3 is 2.03 bits per heavy atom. The maximum atomic E-state index is 12.5. The van der Waals surface area contributed by atoms with Gasteiger partial charge in [0.15, 0.2) is 0 Å². The van der Waals surface area contributed by atoms with Gasteiger partial charge in [-0.1, -0.05) is 47.5 Å². The summed E-state index contributed by atoms with van der Waals surface area (Å²) in [6.07, 6.45) is 0.557. The molecule has 0 saturated carbocycles. The van der Waals surface area contributed by atoms with Gasteiger partial charge in [0.2, 0.25) is 11.8 Å². The van der Waals surface area contributed by atoms with Crippen LogP contribution in [0.5, 0.6) is 0 Å². The second-order valence-electron chi connectivity index (χ2n) is 7.16. The number of hydrogen-bond donors (Lipinski definition) is 1. The third-order valence-electron chi connectivity index (χ3n) is 4.66. The molecule has 1 heterocycles. The van der Waals surface area contributed by atoms with Crippen molar-refractivity contribution >= 4 is 15.7 Å². The highest BCUT2D eigenvalue weighted by Gasteiger charge is 2.14. The van der Waals surface area contributed by atoms with Crippen LogP contribution in [0.3, 0.4) is 0 Å². The van der Waals surface area contributed by atoms with Crippen LogP contribution in [0.25, 0.3) is 11.5 Å². The van der Waals surface area contributed by atoms with Crippen LogP contribution in [0, 0.1) is 13.8 Å². The number of rotatable bonds is 6. The fourth-order valence-electron chi connectivity index (χ4n) is 2.93. The van der Waals surface area contributed by atoms with Gasteiger partial charge >= 0.3 is 0 Å². The monoisotopic (exact) mass is 419 g/mol. The molecule has 30 heavy (non-hydrogen) atoms. The molecule has 6 nitrogen and oxygen atoms in total. The second kappa shape index (κ2) is 8.12. The molecule has 0 saturated heterocycles. The molecule has 0 bridgehead atoms. The van der Waals surface area contributed by atoms with E-state index in [0.29, 0.717) is 23.9 Å². The fourth-order valence-corrected chi connectivity index (χ4v) is 3.99. The Hall–Kier alpha value is -3.45. The van der Waals surface area contributed by atoms with Crippen molar-refractivity contribution in [3.8, 4) is 11.5 Å². The number of aryl methyl sites for hydroxylation is 2. The van der Waals surface area contributed by atoms with Crippen molar-refractivity contribution in [2.75, 3.05) is 4.72 Å². The minimum absolute atomic E-state index is 0.217. The topological polar surface area (TPSA) is 85.1 Å². The van der Waals surface area contributed by atoms with Crippen molar-refractivity contribution in [2.45, 2.75) is 25.2 Å². The maximum Gasteiger partial charge on any atom is 0.261 e. The molecule has 1 N–H and O–H groups in total. The van der Waals surface area contributed by atoms with E-state index in [1.165, 1.54) is 5.56 Å². The summed E-state index contributed by atoms with van der Waals surface area (Å²) in [4.78, 5) is 0.217. The molecule has 4 rings (SSSR count). The van der Waals surface area contributed by atoms with E-state index in [4.69, 9.17) is 4.42 Å². The third-order valence-corrected chi connectivity index (χ3v) is 6.06. The smallest absolute Gasteiger partial charge is 0.261 e. The lowest BCUT2D eigenvalue weighted by molar-refractivity contribution is 0.518. The van der Waals surface area contributed by atoms with Crippen molar-refractivity contribution in [3.63, 3.8) is 0 Å². The van der Waals surface area contributed by atoms with E-state index in [9.17, 15) is 8.42 Å². The van der Waals surface area contributed by atoms with Crippen LogP contribution in [0.4, 0.5) is 5.69 Å². The van der Waals surface area contributed by atoms with Gasteiger partial charge in [0, 0.05) is 11.3 Å².